The Hall–Kier alpha value is -0.600. The predicted octanol–water partition coefficient (Wildman–Crippen LogP) is -2.23. The summed E-state index contributed by atoms with van der Waals surface area (Å²) in [5, 5.41) is 30.8. The third-order valence-corrected chi connectivity index (χ3v) is 2.35. The van der Waals surface area contributed by atoms with Gasteiger partial charge in [0.2, 0.25) is 0 Å². The van der Waals surface area contributed by atoms with Crippen molar-refractivity contribution in [1.82, 2.24) is 0 Å². The molecular formula is C7H14N2O5. The number of nitrogens with two attached hydrogens (primary N) is 1. The van der Waals surface area contributed by atoms with Gasteiger partial charge < -0.3 is 25.8 Å². The van der Waals surface area contributed by atoms with E-state index in [9.17, 15) is 20.2 Å². The SMILES string of the molecule is N[C@@H]1C(O)C(O)C(CN=O)CO[C@H]1O. The van der Waals surface area contributed by atoms with E-state index in [1.165, 1.54) is 0 Å². The van der Waals surface area contributed by atoms with Gasteiger partial charge in [-0.25, -0.2) is 0 Å². The average Bonchev–Trinajstić information content (AvgIpc) is 2.26. The summed E-state index contributed by atoms with van der Waals surface area (Å²) in [5.74, 6) is -0.634. The zero-order chi connectivity index (χ0) is 10.7. The van der Waals surface area contributed by atoms with Crippen LogP contribution in [0.25, 0.3) is 0 Å². The molecule has 1 aliphatic rings. The molecule has 0 radical (unpaired) electrons. The molecule has 1 saturated heterocycles. The van der Waals surface area contributed by atoms with Crippen LogP contribution in [0.15, 0.2) is 5.18 Å². The summed E-state index contributed by atoms with van der Waals surface area (Å²) in [5.41, 5.74) is 5.38. The molecule has 1 aliphatic heterocycles. The molecule has 0 aromatic rings. The number of aliphatic hydroxyl groups excluding tert-OH is 3. The lowest BCUT2D eigenvalue weighted by Crippen LogP contribution is -2.50. The number of aliphatic hydroxyl groups is 3. The van der Waals surface area contributed by atoms with Crippen LogP contribution in [0.3, 0.4) is 0 Å². The molecule has 0 bridgehead atoms. The highest BCUT2D eigenvalue weighted by Gasteiger charge is 2.38. The summed E-state index contributed by atoms with van der Waals surface area (Å²) in [6.07, 6.45) is -3.87. The van der Waals surface area contributed by atoms with Crippen LogP contribution in [-0.4, -0.2) is 53.0 Å². The topological polar surface area (TPSA) is 125 Å². The second-order valence-corrected chi connectivity index (χ2v) is 3.35. The van der Waals surface area contributed by atoms with Crippen LogP contribution in [-0.2, 0) is 4.74 Å². The van der Waals surface area contributed by atoms with Crippen molar-refractivity contribution in [1.29, 1.82) is 0 Å². The van der Waals surface area contributed by atoms with Crippen molar-refractivity contribution in [3.63, 3.8) is 0 Å². The average molecular weight is 206 g/mol. The van der Waals surface area contributed by atoms with Crippen LogP contribution in [0.4, 0.5) is 0 Å². The fourth-order valence-corrected chi connectivity index (χ4v) is 1.36. The fourth-order valence-electron chi connectivity index (χ4n) is 1.36. The van der Waals surface area contributed by atoms with Crippen molar-refractivity contribution < 1.29 is 20.1 Å². The van der Waals surface area contributed by atoms with Gasteiger partial charge in [0, 0.05) is 5.92 Å². The third-order valence-electron chi connectivity index (χ3n) is 2.35. The Morgan fingerprint density at radius 3 is 2.57 bits per heavy atom. The molecule has 1 fully saturated rings. The van der Waals surface area contributed by atoms with Gasteiger partial charge >= 0.3 is 0 Å². The minimum atomic E-state index is -1.34. The first-order valence-electron chi connectivity index (χ1n) is 4.28. The van der Waals surface area contributed by atoms with Gasteiger partial charge in [0.15, 0.2) is 6.29 Å². The van der Waals surface area contributed by atoms with Gasteiger partial charge in [-0.3, -0.25) is 0 Å². The minimum Gasteiger partial charge on any atom is -0.390 e. The maximum atomic E-state index is 10.0. The molecule has 1 rings (SSSR count). The fraction of sp³-hybridized carbons (Fsp3) is 1.00. The van der Waals surface area contributed by atoms with E-state index >= 15 is 0 Å². The summed E-state index contributed by atoms with van der Waals surface area (Å²) in [4.78, 5) is 10.0. The normalized spacial score (nSPS) is 44.4. The third kappa shape index (κ3) is 2.25. The number of hydrogen-bond donors (Lipinski definition) is 4. The molecular weight excluding hydrogens is 192 g/mol. The van der Waals surface area contributed by atoms with E-state index in [4.69, 9.17) is 10.5 Å². The first kappa shape index (κ1) is 11.5. The Bertz CT molecular complexity index is 203. The molecule has 3 unspecified atom stereocenters. The summed E-state index contributed by atoms with van der Waals surface area (Å²) < 4.78 is 4.83. The highest BCUT2D eigenvalue weighted by molar-refractivity contribution is 4.88. The lowest BCUT2D eigenvalue weighted by atomic mass is 9.96. The molecule has 7 nitrogen and oxygen atoms in total. The molecule has 7 heteroatoms. The van der Waals surface area contributed by atoms with Crippen molar-refractivity contribution in [2.45, 2.75) is 24.5 Å². The van der Waals surface area contributed by atoms with Crippen molar-refractivity contribution >= 4 is 0 Å². The minimum absolute atomic E-state index is 0.0567. The van der Waals surface area contributed by atoms with Crippen molar-refractivity contribution in [3.8, 4) is 0 Å². The van der Waals surface area contributed by atoms with Crippen LogP contribution < -0.4 is 5.73 Å². The molecule has 5 N–H and O–H groups in total. The zero-order valence-electron chi connectivity index (χ0n) is 7.48. The zero-order valence-corrected chi connectivity index (χ0v) is 7.48. The molecule has 0 spiro atoms. The van der Waals surface area contributed by atoms with Gasteiger partial charge in [-0.1, -0.05) is 5.18 Å². The van der Waals surface area contributed by atoms with E-state index in [-0.39, 0.29) is 13.2 Å². The van der Waals surface area contributed by atoms with Crippen LogP contribution in [0, 0.1) is 10.8 Å². The van der Waals surface area contributed by atoms with Gasteiger partial charge in [-0.15, -0.1) is 0 Å². The number of rotatable bonds is 2. The Kier molecular flexibility index (Phi) is 3.90. The number of ether oxygens (including phenoxy) is 1. The van der Waals surface area contributed by atoms with Gasteiger partial charge in [0.1, 0.15) is 6.10 Å². The highest BCUT2D eigenvalue weighted by Crippen LogP contribution is 2.18. The summed E-state index contributed by atoms with van der Waals surface area (Å²) >= 11 is 0. The van der Waals surface area contributed by atoms with E-state index < -0.39 is 30.5 Å². The maximum absolute atomic E-state index is 10.0. The molecule has 0 aliphatic carbocycles. The van der Waals surface area contributed by atoms with E-state index in [0.29, 0.717) is 0 Å². The smallest absolute Gasteiger partial charge is 0.172 e. The van der Waals surface area contributed by atoms with Crippen LogP contribution in [0.2, 0.25) is 0 Å². The van der Waals surface area contributed by atoms with Gasteiger partial charge in [-0.2, -0.15) is 4.91 Å². The second-order valence-electron chi connectivity index (χ2n) is 3.35. The maximum Gasteiger partial charge on any atom is 0.172 e. The second kappa shape index (κ2) is 4.76. The van der Waals surface area contributed by atoms with E-state index in [2.05, 4.69) is 5.18 Å². The molecule has 0 aromatic carbocycles. The predicted molar refractivity (Wildman–Crippen MR) is 46.1 cm³/mol. The van der Waals surface area contributed by atoms with Crippen molar-refractivity contribution in [2.75, 3.05) is 13.2 Å². The first-order chi connectivity index (χ1) is 6.57. The van der Waals surface area contributed by atoms with Crippen LogP contribution in [0.1, 0.15) is 0 Å². The van der Waals surface area contributed by atoms with Crippen LogP contribution in [0.5, 0.6) is 0 Å². The van der Waals surface area contributed by atoms with Crippen molar-refractivity contribution in [3.05, 3.63) is 4.91 Å². The van der Waals surface area contributed by atoms with Crippen LogP contribution >= 0.6 is 0 Å². The Morgan fingerprint density at radius 2 is 2.00 bits per heavy atom. The quantitative estimate of drug-likeness (QED) is 0.379. The lowest BCUT2D eigenvalue weighted by Gasteiger charge is -2.24. The summed E-state index contributed by atoms with van der Waals surface area (Å²) in [6.45, 7) is -0.240. The molecule has 0 amide bonds. The lowest BCUT2D eigenvalue weighted by molar-refractivity contribution is -0.122. The number of nitroso groups, excluding NO2 is 1. The van der Waals surface area contributed by atoms with E-state index in [1.54, 1.807) is 0 Å². The summed E-state index contributed by atoms with van der Waals surface area (Å²) in [6, 6.07) is -1.08. The molecule has 0 aromatic heterocycles. The van der Waals surface area contributed by atoms with Crippen molar-refractivity contribution in [2.24, 2.45) is 16.8 Å². The monoisotopic (exact) mass is 206 g/mol. The molecule has 82 valence electrons. The first-order valence-corrected chi connectivity index (χ1v) is 4.28. The highest BCUT2D eigenvalue weighted by atomic mass is 16.6. The molecule has 5 atom stereocenters. The number of hydrogen-bond acceptors (Lipinski definition) is 7. The molecule has 1 heterocycles. The Labute approximate surface area is 80.5 Å². The number of nitrogens with zero attached hydrogens (tertiary/aromatic N) is 1. The van der Waals surface area contributed by atoms with Gasteiger partial charge in [0.05, 0.1) is 25.3 Å². The molecule has 14 heavy (non-hydrogen) atoms. The Morgan fingerprint density at radius 1 is 1.36 bits per heavy atom. The standard InChI is InChI=1S/C7H14N2O5/c8-4-6(11)5(10)3(1-9-13)2-14-7(4)12/h3-7,10-12H,1-2,8H2/t3?,4-,5?,6?,7-/m1/s1. The van der Waals surface area contributed by atoms with E-state index in [0.717, 1.165) is 0 Å². The van der Waals surface area contributed by atoms with Gasteiger partial charge in [0.25, 0.3) is 0 Å². The molecule has 0 saturated carbocycles. The van der Waals surface area contributed by atoms with Gasteiger partial charge in [-0.05, 0) is 0 Å². The largest absolute Gasteiger partial charge is 0.390 e. The Balaban J connectivity index is 2.70. The summed E-state index contributed by atoms with van der Waals surface area (Å²) in [7, 11) is 0. The van der Waals surface area contributed by atoms with E-state index in [1.807, 2.05) is 0 Å².